The van der Waals surface area contributed by atoms with E-state index in [-0.39, 0.29) is 5.11 Å². The topological polar surface area (TPSA) is 24.1 Å². The van der Waals surface area contributed by atoms with Crippen LogP contribution in [0.4, 0.5) is 28.9 Å². The van der Waals surface area contributed by atoms with Crippen molar-refractivity contribution in [1.29, 1.82) is 0 Å². The molecule has 23 heavy (non-hydrogen) atoms. The second kappa shape index (κ2) is 6.84. The zero-order valence-electron chi connectivity index (χ0n) is 12.0. The van der Waals surface area contributed by atoms with Crippen molar-refractivity contribution in [3.8, 4) is 0 Å². The molecule has 2 rings (SSSR count). The summed E-state index contributed by atoms with van der Waals surface area (Å²) in [6.07, 6.45) is 0. The SMILES string of the molecule is Cc1ccc(NC(=S)Nc2c(F)c(F)c(Br)c(F)c2F)cc1C. The molecule has 0 aromatic heterocycles. The van der Waals surface area contributed by atoms with Crippen LogP contribution in [0.2, 0.25) is 0 Å². The van der Waals surface area contributed by atoms with Crippen LogP contribution < -0.4 is 10.6 Å². The van der Waals surface area contributed by atoms with Gasteiger partial charge >= 0.3 is 0 Å². The lowest BCUT2D eigenvalue weighted by Crippen LogP contribution is -2.21. The molecule has 0 saturated heterocycles. The third-order valence-electron chi connectivity index (χ3n) is 3.21. The molecule has 0 atom stereocenters. The first-order valence-electron chi connectivity index (χ1n) is 6.39. The van der Waals surface area contributed by atoms with Gasteiger partial charge in [-0.1, -0.05) is 6.07 Å². The smallest absolute Gasteiger partial charge is 0.186 e. The van der Waals surface area contributed by atoms with Gasteiger partial charge in [0.1, 0.15) is 5.69 Å². The Balaban J connectivity index is 2.25. The van der Waals surface area contributed by atoms with Gasteiger partial charge in [-0.15, -0.1) is 0 Å². The van der Waals surface area contributed by atoms with E-state index in [4.69, 9.17) is 12.2 Å². The Bertz CT molecular complexity index is 767. The highest BCUT2D eigenvalue weighted by Crippen LogP contribution is 2.31. The zero-order valence-corrected chi connectivity index (χ0v) is 14.4. The van der Waals surface area contributed by atoms with Gasteiger partial charge in [-0.3, -0.25) is 0 Å². The fourth-order valence-electron chi connectivity index (χ4n) is 1.81. The molecule has 2 nitrogen and oxygen atoms in total. The Labute approximate surface area is 144 Å². The van der Waals surface area contributed by atoms with E-state index in [0.717, 1.165) is 11.1 Å². The third-order valence-corrected chi connectivity index (χ3v) is 4.11. The number of nitrogens with one attached hydrogen (secondary N) is 2. The van der Waals surface area contributed by atoms with Crippen LogP contribution in [0.1, 0.15) is 11.1 Å². The fraction of sp³-hybridized carbons (Fsp3) is 0.133. The number of anilines is 2. The van der Waals surface area contributed by atoms with Crippen molar-refractivity contribution < 1.29 is 17.6 Å². The van der Waals surface area contributed by atoms with Crippen LogP contribution in [-0.2, 0) is 0 Å². The van der Waals surface area contributed by atoms with Crippen molar-refractivity contribution in [2.45, 2.75) is 13.8 Å². The molecule has 2 aromatic rings. The average Bonchev–Trinajstić information content (AvgIpc) is 2.51. The number of rotatable bonds is 2. The molecule has 0 aliphatic carbocycles. The van der Waals surface area contributed by atoms with E-state index in [2.05, 4.69) is 26.6 Å². The van der Waals surface area contributed by atoms with Gasteiger partial charge in [0.2, 0.25) is 0 Å². The summed E-state index contributed by atoms with van der Waals surface area (Å²) in [4.78, 5) is 0. The molecule has 0 bridgehead atoms. The standard InChI is InChI=1S/C15H11BrF4N2S/c1-6-3-4-8(5-7(6)2)21-15(23)22-14-12(19)10(17)9(16)11(18)13(14)20/h3-5H,1-2H3,(H2,21,22,23). The van der Waals surface area contributed by atoms with Crippen LogP contribution in [0.15, 0.2) is 22.7 Å². The number of hydrogen-bond acceptors (Lipinski definition) is 1. The van der Waals surface area contributed by atoms with Gasteiger partial charge in [0.15, 0.2) is 28.4 Å². The highest BCUT2D eigenvalue weighted by Gasteiger charge is 2.24. The molecule has 0 fully saturated rings. The zero-order chi connectivity index (χ0) is 17.3. The number of aryl methyl sites for hydroxylation is 2. The molecule has 0 heterocycles. The van der Waals surface area contributed by atoms with Crippen molar-refractivity contribution in [1.82, 2.24) is 0 Å². The van der Waals surface area contributed by atoms with E-state index in [1.807, 2.05) is 19.9 Å². The van der Waals surface area contributed by atoms with Crippen LogP contribution >= 0.6 is 28.1 Å². The van der Waals surface area contributed by atoms with Crippen molar-refractivity contribution in [3.63, 3.8) is 0 Å². The van der Waals surface area contributed by atoms with E-state index >= 15 is 0 Å². The van der Waals surface area contributed by atoms with E-state index < -0.39 is 33.4 Å². The largest absolute Gasteiger partial charge is 0.332 e. The maximum absolute atomic E-state index is 13.8. The van der Waals surface area contributed by atoms with Crippen LogP contribution in [0.25, 0.3) is 0 Å². The lowest BCUT2D eigenvalue weighted by atomic mass is 10.1. The summed E-state index contributed by atoms with van der Waals surface area (Å²) in [6, 6.07) is 5.32. The molecule has 0 spiro atoms. The highest BCUT2D eigenvalue weighted by atomic mass is 79.9. The molecule has 8 heteroatoms. The minimum absolute atomic E-state index is 0.202. The molecule has 2 aromatic carbocycles. The molecule has 0 saturated carbocycles. The third kappa shape index (κ3) is 3.64. The van der Waals surface area contributed by atoms with Gasteiger partial charge in [0.25, 0.3) is 0 Å². The van der Waals surface area contributed by atoms with Crippen LogP contribution in [0.5, 0.6) is 0 Å². The molecule has 0 amide bonds. The van der Waals surface area contributed by atoms with Crippen molar-refractivity contribution in [2.24, 2.45) is 0 Å². The molecule has 2 N–H and O–H groups in total. The van der Waals surface area contributed by atoms with Gasteiger partial charge in [-0.25, -0.2) is 17.6 Å². The predicted octanol–water partition coefficient (Wildman–Crippen LogP) is 5.43. The summed E-state index contributed by atoms with van der Waals surface area (Å²) in [7, 11) is 0. The Morgan fingerprint density at radius 2 is 1.48 bits per heavy atom. The summed E-state index contributed by atoms with van der Waals surface area (Å²) >= 11 is 7.36. The molecular weight excluding hydrogens is 396 g/mol. The van der Waals surface area contributed by atoms with Gasteiger partial charge in [0.05, 0.1) is 4.47 Å². The van der Waals surface area contributed by atoms with Crippen molar-refractivity contribution in [3.05, 3.63) is 57.1 Å². The number of thiocarbonyl (C=S) groups is 1. The Morgan fingerprint density at radius 1 is 0.913 bits per heavy atom. The minimum Gasteiger partial charge on any atom is -0.332 e. The van der Waals surface area contributed by atoms with Gasteiger partial charge < -0.3 is 10.6 Å². The van der Waals surface area contributed by atoms with E-state index in [9.17, 15) is 17.6 Å². The number of halogens is 5. The second-order valence-electron chi connectivity index (χ2n) is 4.82. The fourth-order valence-corrected chi connectivity index (χ4v) is 2.38. The molecule has 0 aliphatic rings. The van der Waals surface area contributed by atoms with E-state index in [1.165, 1.54) is 0 Å². The van der Waals surface area contributed by atoms with Crippen LogP contribution in [0.3, 0.4) is 0 Å². The van der Waals surface area contributed by atoms with Crippen LogP contribution in [-0.4, -0.2) is 5.11 Å². The molecule has 122 valence electrons. The van der Waals surface area contributed by atoms with Crippen LogP contribution in [0, 0.1) is 37.1 Å². The summed E-state index contributed by atoms with van der Waals surface area (Å²) in [5.74, 6) is -6.22. The van der Waals surface area contributed by atoms with E-state index in [0.29, 0.717) is 5.69 Å². The van der Waals surface area contributed by atoms with Crippen molar-refractivity contribution >= 4 is 44.6 Å². The first-order valence-corrected chi connectivity index (χ1v) is 7.59. The maximum Gasteiger partial charge on any atom is 0.186 e. The predicted molar refractivity (Wildman–Crippen MR) is 89.7 cm³/mol. The van der Waals surface area contributed by atoms with Gasteiger partial charge in [-0.05, 0) is 65.3 Å². The first-order chi connectivity index (χ1) is 10.7. The summed E-state index contributed by atoms with van der Waals surface area (Å²) in [5.41, 5.74) is 1.62. The Hall–Kier alpha value is -1.67. The maximum atomic E-state index is 13.8. The lowest BCUT2D eigenvalue weighted by molar-refractivity contribution is 0.452. The normalized spacial score (nSPS) is 10.6. The number of benzene rings is 2. The summed E-state index contributed by atoms with van der Waals surface area (Å²) in [6.45, 7) is 3.81. The monoisotopic (exact) mass is 406 g/mol. The molecule has 0 radical (unpaired) electrons. The van der Waals surface area contributed by atoms with Crippen molar-refractivity contribution in [2.75, 3.05) is 10.6 Å². The lowest BCUT2D eigenvalue weighted by Gasteiger charge is -2.14. The average molecular weight is 407 g/mol. The highest BCUT2D eigenvalue weighted by molar-refractivity contribution is 9.10. The van der Waals surface area contributed by atoms with Gasteiger partial charge in [-0.2, -0.15) is 0 Å². The molecule has 0 unspecified atom stereocenters. The van der Waals surface area contributed by atoms with E-state index in [1.54, 1.807) is 12.1 Å². The Kier molecular flexibility index (Phi) is 5.26. The molecule has 0 aliphatic heterocycles. The summed E-state index contributed by atoms with van der Waals surface area (Å²) < 4.78 is 53.6. The first kappa shape index (κ1) is 17.7. The number of hydrogen-bond donors (Lipinski definition) is 2. The van der Waals surface area contributed by atoms with Gasteiger partial charge in [0, 0.05) is 5.69 Å². The summed E-state index contributed by atoms with van der Waals surface area (Å²) in [5, 5.41) is 4.63. The second-order valence-corrected chi connectivity index (χ2v) is 6.02. The minimum atomic E-state index is -1.57. The Morgan fingerprint density at radius 3 is 2.00 bits per heavy atom. The quantitative estimate of drug-likeness (QED) is 0.301. The molecular formula is C15H11BrF4N2S.